The standard InChI is InChI=1S/C18H17ClO4/c1-22-15-9-5-13(6-10-15)17(20)11-16(18(21)23-2)12-3-7-14(19)8-4-12/h3-10,16H,11H2,1-2H3. The van der Waals surface area contributed by atoms with Gasteiger partial charge in [0.1, 0.15) is 5.75 Å². The van der Waals surface area contributed by atoms with Crippen LogP contribution in [0.15, 0.2) is 48.5 Å². The summed E-state index contributed by atoms with van der Waals surface area (Å²) in [4.78, 5) is 24.5. The number of carbonyl (C=O) groups is 2. The Hall–Kier alpha value is -2.33. The molecule has 2 aromatic carbocycles. The number of ether oxygens (including phenoxy) is 2. The van der Waals surface area contributed by atoms with Crippen LogP contribution in [-0.4, -0.2) is 26.0 Å². The van der Waals surface area contributed by atoms with Gasteiger partial charge in [-0.15, -0.1) is 0 Å². The first-order valence-electron chi connectivity index (χ1n) is 7.05. The molecule has 1 atom stereocenters. The van der Waals surface area contributed by atoms with E-state index in [1.165, 1.54) is 7.11 Å². The van der Waals surface area contributed by atoms with Gasteiger partial charge in [-0.25, -0.2) is 0 Å². The second-order valence-corrected chi connectivity index (χ2v) is 5.42. The Morgan fingerprint density at radius 2 is 1.61 bits per heavy atom. The van der Waals surface area contributed by atoms with Crippen molar-refractivity contribution in [2.45, 2.75) is 12.3 Å². The fraction of sp³-hybridized carbons (Fsp3) is 0.222. The number of benzene rings is 2. The number of hydrogen-bond donors (Lipinski definition) is 0. The summed E-state index contributed by atoms with van der Waals surface area (Å²) in [5, 5.41) is 0.568. The van der Waals surface area contributed by atoms with Crippen LogP contribution in [0.3, 0.4) is 0 Å². The predicted molar refractivity (Wildman–Crippen MR) is 88.2 cm³/mol. The van der Waals surface area contributed by atoms with Crippen molar-refractivity contribution in [2.24, 2.45) is 0 Å². The molecule has 4 nitrogen and oxygen atoms in total. The van der Waals surface area contributed by atoms with Gasteiger partial charge in [0, 0.05) is 17.0 Å². The molecule has 0 aliphatic carbocycles. The molecule has 0 bridgehead atoms. The van der Waals surface area contributed by atoms with Gasteiger partial charge in [0.05, 0.1) is 20.1 Å². The third-order valence-electron chi connectivity index (χ3n) is 3.56. The average Bonchev–Trinajstić information content (AvgIpc) is 2.59. The van der Waals surface area contributed by atoms with E-state index in [2.05, 4.69) is 0 Å². The third-order valence-corrected chi connectivity index (χ3v) is 3.81. The highest BCUT2D eigenvalue weighted by Gasteiger charge is 2.25. The zero-order chi connectivity index (χ0) is 16.8. The van der Waals surface area contributed by atoms with Crippen molar-refractivity contribution < 1.29 is 19.1 Å². The SMILES string of the molecule is COC(=O)C(CC(=O)c1ccc(OC)cc1)c1ccc(Cl)cc1. The van der Waals surface area contributed by atoms with Crippen LogP contribution in [0.2, 0.25) is 5.02 Å². The Morgan fingerprint density at radius 1 is 1.00 bits per heavy atom. The minimum absolute atomic E-state index is 0.0284. The molecular formula is C18H17ClO4. The van der Waals surface area contributed by atoms with Crippen LogP contribution in [0.1, 0.15) is 28.3 Å². The summed E-state index contributed by atoms with van der Waals surface area (Å²) in [7, 11) is 2.87. The molecule has 0 saturated heterocycles. The van der Waals surface area contributed by atoms with Crippen LogP contribution >= 0.6 is 11.6 Å². The second-order valence-electron chi connectivity index (χ2n) is 4.98. The molecule has 5 heteroatoms. The van der Waals surface area contributed by atoms with Crippen molar-refractivity contribution in [2.75, 3.05) is 14.2 Å². The lowest BCUT2D eigenvalue weighted by atomic mass is 9.91. The van der Waals surface area contributed by atoms with Crippen molar-refractivity contribution >= 4 is 23.4 Å². The maximum absolute atomic E-state index is 12.4. The summed E-state index contributed by atoms with van der Waals surface area (Å²) >= 11 is 5.87. The maximum atomic E-state index is 12.4. The van der Waals surface area contributed by atoms with Gasteiger partial charge in [0.2, 0.25) is 0 Å². The quantitative estimate of drug-likeness (QED) is 0.595. The molecule has 0 aliphatic heterocycles. The van der Waals surface area contributed by atoms with Crippen LogP contribution in [-0.2, 0) is 9.53 Å². The van der Waals surface area contributed by atoms with Crippen LogP contribution in [0.5, 0.6) is 5.75 Å². The molecule has 0 heterocycles. The van der Waals surface area contributed by atoms with Crippen LogP contribution in [0, 0.1) is 0 Å². The first-order valence-corrected chi connectivity index (χ1v) is 7.43. The minimum Gasteiger partial charge on any atom is -0.497 e. The number of esters is 1. The molecule has 0 saturated carbocycles. The van der Waals surface area contributed by atoms with Gasteiger partial charge in [-0.3, -0.25) is 9.59 Å². The molecule has 120 valence electrons. The topological polar surface area (TPSA) is 52.6 Å². The predicted octanol–water partition coefficient (Wildman–Crippen LogP) is 3.88. The highest BCUT2D eigenvalue weighted by molar-refractivity contribution is 6.30. The summed E-state index contributed by atoms with van der Waals surface area (Å²) in [5.74, 6) is -0.581. The van der Waals surface area contributed by atoms with Crippen molar-refractivity contribution in [1.82, 2.24) is 0 Å². The average molecular weight is 333 g/mol. The Bertz CT molecular complexity index is 677. The lowest BCUT2D eigenvalue weighted by molar-refractivity contribution is -0.142. The Balaban J connectivity index is 2.21. The molecule has 0 fully saturated rings. The summed E-state index contributed by atoms with van der Waals surface area (Å²) in [6.45, 7) is 0. The lowest BCUT2D eigenvalue weighted by Crippen LogP contribution is -2.18. The molecule has 2 rings (SSSR count). The van der Waals surface area contributed by atoms with Crippen LogP contribution in [0.4, 0.5) is 0 Å². The number of hydrogen-bond acceptors (Lipinski definition) is 4. The summed E-state index contributed by atoms with van der Waals surface area (Å²) in [6.07, 6.45) is 0.0284. The first-order chi connectivity index (χ1) is 11.0. The van der Waals surface area contributed by atoms with E-state index in [-0.39, 0.29) is 12.2 Å². The van der Waals surface area contributed by atoms with Crippen LogP contribution in [0.25, 0.3) is 0 Å². The summed E-state index contributed by atoms with van der Waals surface area (Å²) < 4.78 is 9.89. The molecule has 2 aromatic rings. The molecule has 0 aromatic heterocycles. The minimum atomic E-state index is -0.660. The Morgan fingerprint density at radius 3 is 2.13 bits per heavy atom. The molecule has 0 amide bonds. The number of rotatable bonds is 6. The maximum Gasteiger partial charge on any atom is 0.313 e. The van der Waals surface area contributed by atoms with Crippen molar-refractivity contribution in [3.05, 3.63) is 64.7 Å². The van der Waals surface area contributed by atoms with Gasteiger partial charge in [0.25, 0.3) is 0 Å². The van der Waals surface area contributed by atoms with E-state index in [0.717, 1.165) is 0 Å². The summed E-state index contributed by atoms with van der Waals surface area (Å²) in [5.41, 5.74) is 1.22. The molecular weight excluding hydrogens is 316 g/mol. The monoisotopic (exact) mass is 332 g/mol. The van der Waals surface area contributed by atoms with E-state index in [0.29, 0.717) is 21.9 Å². The highest BCUT2D eigenvalue weighted by atomic mass is 35.5. The zero-order valence-corrected chi connectivity index (χ0v) is 13.7. The highest BCUT2D eigenvalue weighted by Crippen LogP contribution is 2.25. The Labute approximate surface area is 140 Å². The van der Waals surface area contributed by atoms with E-state index in [9.17, 15) is 9.59 Å². The fourth-order valence-corrected chi connectivity index (χ4v) is 2.38. The number of halogens is 1. The molecule has 0 radical (unpaired) electrons. The Kier molecular flexibility index (Phi) is 5.77. The number of methoxy groups -OCH3 is 2. The van der Waals surface area contributed by atoms with Gasteiger partial charge in [-0.1, -0.05) is 23.7 Å². The first kappa shape index (κ1) is 17.0. The zero-order valence-electron chi connectivity index (χ0n) is 12.9. The van der Waals surface area contributed by atoms with Crippen molar-refractivity contribution in [3.8, 4) is 5.75 Å². The summed E-state index contributed by atoms with van der Waals surface area (Å²) in [6, 6.07) is 13.6. The van der Waals surface area contributed by atoms with Gasteiger partial charge in [-0.05, 0) is 42.0 Å². The second kappa shape index (κ2) is 7.79. The van der Waals surface area contributed by atoms with Gasteiger partial charge in [0.15, 0.2) is 5.78 Å². The molecule has 23 heavy (non-hydrogen) atoms. The largest absolute Gasteiger partial charge is 0.497 e. The lowest BCUT2D eigenvalue weighted by Gasteiger charge is -2.14. The van der Waals surface area contributed by atoms with E-state index in [1.54, 1.807) is 55.6 Å². The molecule has 0 N–H and O–H groups in total. The van der Waals surface area contributed by atoms with E-state index < -0.39 is 11.9 Å². The number of ketones is 1. The smallest absolute Gasteiger partial charge is 0.313 e. The van der Waals surface area contributed by atoms with E-state index in [1.807, 2.05) is 0 Å². The van der Waals surface area contributed by atoms with E-state index in [4.69, 9.17) is 21.1 Å². The number of carbonyl (C=O) groups excluding carboxylic acids is 2. The van der Waals surface area contributed by atoms with Gasteiger partial charge in [-0.2, -0.15) is 0 Å². The third kappa shape index (κ3) is 4.33. The van der Waals surface area contributed by atoms with Gasteiger partial charge < -0.3 is 9.47 Å². The fourth-order valence-electron chi connectivity index (χ4n) is 2.25. The number of Topliss-reactive ketones (excluding diaryl/α,β-unsaturated/α-hetero) is 1. The van der Waals surface area contributed by atoms with Crippen molar-refractivity contribution in [3.63, 3.8) is 0 Å². The molecule has 0 spiro atoms. The molecule has 0 aliphatic rings. The van der Waals surface area contributed by atoms with Crippen LogP contribution < -0.4 is 4.74 Å². The van der Waals surface area contributed by atoms with Crippen molar-refractivity contribution in [1.29, 1.82) is 0 Å². The molecule has 1 unspecified atom stereocenters. The van der Waals surface area contributed by atoms with E-state index >= 15 is 0 Å². The van der Waals surface area contributed by atoms with Gasteiger partial charge >= 0.3 is 5.97 Å². The normalized spacial score (nSPS) is 11.6.